The van der Waals surface area contributed by atoms with Gasteiger partial charge in [-0.2, -0.15) is 10.5 Å². The summed E-state index contributed by atoms with van der Waals surface area (Å²) in [5.41, 5.74) is 1.83. The average Bonchev–Trinajstić information content (AvgIpc) is 2.55. The Kier molecular flexibility index (Phi) is 9.92. The van der Waals surface area contributed by atoms with Crippen LogP contribution in [-0.4, -0.2) is 9.97 Å². The SMILES string of the molecule is N#CC([S-])=C([S-])C#N.[Pt+2].c1ccc(-c2ccccn2)nc1. The number of nitriles is 2. The van der Waals surface area contributed by atoms with Crippen molar-refractivity contribution in [2.45, 2.75) is 0 Å². The van der Waals surface area contributed by atoms with E-state index in [4.69, 9.17) is 10.5 Å². The van der Waals surface area contributed by atoms with Crippen molar-refractivity contribution in [3.8, 4) is 23.5 Å². The van der Waals surface area contributed by atoms with Gasteiger partial charge in [-0.25, -0.2) is 0 Å². The van der Waals surface area contributed by atoms with Gasteiger partial charge in [0.05, 0.1) is 23.5 Å². The minimum absolute atomic E-state index is 0. The van der Waals surface area contributed by atoms with E-state index >= 15 is 0 Å². The van der Waals surface area contributed by atoms with Crippen molar-refractivity contribution in [1.29, 1.82) is 10.5 Å². The van der Waals surface area contributed by atoms with Crippen molar-refractivity contribution >= 4 is 25.3 Å². The number of rotatable bonds is 1. The van der Waals surface area contributed by atoms with Crippen LogP contribution in [0.2, 0.25) is 0 Å². The van der Waals surface area contributed by atoms with Gasteiger partial charge in [0.15, 0.2) is 0 Å². The summed E-state index contributed by atoms with van der Waals surface area (Å²) in [7, 11) is 0. The molecule has 0 N–H and O–H groups in total. The van der Waals surface area contributed by atoms with Gasteiger partial charge in [0.2, 0.25) is 0 Å². The molecule has 21 heavy (non-hydrogen) atoms. The molecule has 2 heterocycles. The molecule has 0 spiro atoms. The fourth-order valence-electron chi connectivity index (χ4n) is 1.13. The maximum atomic E-state index is 8.01. The number of nitrogens with zero attached hydrogens (tertiary/aromatic N) is 4. The van der Waals surface area contributed by atoms with E-state index in [0.29, 0.717) is 0 Å². The molecule has 0 aromatic carbocycles. The summed E-state index contributed by atoms with van der Waals surface area (Å²) in [4.78, 5) is 8.16. The van der Waals surface area contributed by atoms with Crippen molar-refractivity contribution in [2.75, 3.05) is 0 Å². The molecule has 0 atom stereocenters. The summed E-state index contributed by atoms with van der Waals surface area (Å²) in [5, 5.41) is 16.0. The number of aromatic nitrogens is 2. The second-order valence-electron chi connectivity index (χ2n) is 3.31. The predicted octanol–water partition coefficient (Wildman–Crippen LogP) is 2.48. The zero-order valence-corrected chi connectivity index (χ0v) is 14.4. The number of hydrogen-bond donors (Lipinski definition) is 0. The summed E-state index contributed by atoms with van der Waals surface area (Å²) >= 11 is 8.70. The van der Waals surface area contributed by atoms with Crippen molar-refractivity contribution in [1.82, 2.24) is 9.97 Å². The van der Waals surface area contributed by atoms with Crippen molar-refractivity contribution in [3.63, 3.8) is 0 Å². The van der Waals surface area contributed by atoms with Crippen molar-refractivity contribution in [3.05, 3.63) is 58.6 Å². The third-order valence-electron chi connectivity index (χ3n) is 2.00. The van der Waals surface area contributed by atoms with Gasteiger partial charge in [-0.1, -0.05) is 12.1 Å². The van der Waals surface area contributed by atoms with Gasteiger partial charge in [-0.3, -0.25) is 9.97 Å². The molecule has 4 nitrogen and oxygen atoms in total. The second-order valence-corrected chi connectivity index (χ2v) is 4.13. The monoisotopic (exact) mass is 491 g/mol. The zero-order valence-electron chi connectivity index (χ0n) is 10.5. The molecule has 0 bridgehead atoms. The van der Waals surface area contributed by atoms with Crippen LogP contribution in [0.5, 0.6) is 0 Å². The standard InChI is InChI=1S/C10H8N2.C4H2N2S2.Pt/c1-3-7-11-9(5-1)10-6-2-4-8-12-10;5-1-3(7)4(8)2-6;/h1-8H;7-8H;/q;;+2/p-2. The van der Waals surface area contributed by atoms with Crippen LogP contribution in [0.4, 0.5) is 0 Å². The zero-order chi connectivity index (χ0) is 14.8. The van der Waals surface area contributed by atoms with Gasteiger partial charge in [0.25, 0.3) is 0 Å². The molecule has 0 unspecified atom stereocenters. The van der Waals surface area contributed by atoms with Crippen molar-refractivity contribution in [2.24, 2.45) is 0 Å². The van der Waals surface area contributed by atoms with Crippen LogP contribution in [-0.2, 0) is 46.3 Å². The van der Waals surface area contributed by atoms with Gasteiger partial charge in [-0.15, -0.1) is 9.81 Å². The van der Waals surface area contributed by atoms with Gasteiger partial charge < -0.3 is 25.3 Å². The molecule has 0 saturated carbocycles. The Balaban J connectivity index is 0.000000397. The Bertz CT molecular complexity index is 601. The van der Waals surface area contributed by atoms with E-state index in [1.165, 1.54) is 0 Å². The molecule has 2 rings (SSSR count). The third-order valence-corrected chi connectivity index (χ3v) is 2.72. The molecule has 7 heteroatoms. The minimum atomic E-state index is -0.109. The Hall–Kier alpha value is -1.85. The molecule has 0 aliphatic heterocycles. The van der Waals surface area contributed by atoms with Gasteiger partial charge in [0, 0.05) is 12.4 Å². The Morgan fingerprint density at radius 3 is 1.43 bits per heavy atom. The fraction of sp³-hybridized carbons (Fsp3) is 0. The smallest absolute Gasteiger partial charge is 0.770 e. The first kappa shape index (κ1) is 19.1. The quantitative estimate of drug-likeness (QED) is 0.451. The molecule has 2 aromatic rings. The Morgan fingerprint density at radius 2 is 1.19 bits per heavy atom. The second kappa shape index (κ2) is 10.9. The van der Waals surface area contributed by atoms with Crippen LogP contribution in [0.25, 0.3) is 11.4 Å². The van der Waals surface area contributed by atoms with E-state index in [2.05, 4.69) is 35.2 Å². The number of allylic oxidation sites excluding steroid dienone is 2. The van der Waals surface area contributed by atoms with Crippen LogP contribution >= 0.6 is 0 Å². The molecular formula is C14H8N4PtS2. The molecule has 106 valence electrons. The maximum absolute atomic E-state index is 8.01. The fourth-order valence-corrected chi connectivity index (χ4v) is 1.22. The van der Waals surface area contributed by atoms with E-state index in [9.17, 15) is 0 Å². The van der Waals surface area contributed by atoms with Crippen molar-refractivity contribution < 1.29 is 21.1 Å². The van der Waals surface area contributed by atoms with E-state index < -0.39 is 0 Å². The molecule has 0 aliphatic rings. The molecule has 0 amide bonds. The summed E-state index contributed by atoms with van der Waals surface area (Å²) in [5.74, 6) is 0. The normalized spacial score (nSPS) is 9.62. The first-order valence-corrected chi connectivity index (χ1v) is 6.21. The van der Waals surface area contributed by atoms with Gasteiger partial charge in [-0.05, 0) is 24.3 Å². The minimum Gasteiger partial charge on any atom is -0.770 e. The predicted molar refractivity (Wildman–Crippen MR) is 80.5 cm³/mol. The van der Waals surface area contributed by atoms with Crippen LogP contribution < -0.4 is 0 Å². The van der Waals surface area contributed by atoms with Crippen LogP contribution in [0.15, 0.2) is 58.6 Å². The van der Waals surface area contributed by atoms with E-state index in [0.717, 1.165) is 11.4 Å². The summed E-state index contributed by atoms with van der Waals surface area (Å²) < 4.78 is 0. The molecule has 0 saturated heterocycles. The number of hydrogen-bond acceptors (Lipinski definition) is 6. The Morgan fingerprint density at radius 1 is 0.810 bits per heavy atom. The third kappa shape index (κ3) is 6.92. The van der Waals surface area contributed by atoms with Gasteiger partial charge >= 0.3 is 21.1 Å². The summed E-state index contributed by atoms with van der Waals surface area (Å²) in [6.45, 7) is 0. The van der Waals surface area contributed by atoms with Gasteiger partial charge in [0.1, 0.15) is 0 Å². The summed E-state index contributed by atoms with van der Waals surface area (Å²) in [6.07, 6.45) is 3.54. The summed E-state index contributed by atoms with van der Waals surface area (Å²) in [6, 6.07) is 14.8. The van der Waals surface area contributed by atoms with E-state index in [1.54, 1.807) is 24.5 Å². The molecule has 0 radical (unpaired) electrons. The van der Waals surface area contributed by atoms with Crippen LogP contribution in [0, 0.1) is 22.7 Å². The van der Waals surface area contributed by atoms with E-state index in [1.807, 2.05) is 36.4 Å². The largest absolute Gasteiger partial charge is 2.00 e. The Labute approximate surface area is 148 Å². The maximum Gasteiger partial charge on any atom is 2.00 e. The molecule has 0 aliphatic carbocycles. The average molecular weight is 491 g/mol. The topological polar surface area (TPSA) is 73.4 Å². The van der Waals surface area contributed by atoms with E-state index in [-0.39, 0.29) is 30.9 Å². The van der Waals surface area contributed by atoms with Crippen LogP contribution in [0.1, 0.15) is 0 Å². The molecular weight excluding hydrogens is 483 g/mol. The van der Waals surface area contributed by atoms with Crippen LogP contribution in [0.3, 0.4) is 0 Å². The number of pyridine rings is 2. The first-order chi connectivity index (χ1) is 9.69. The molecule has 2 aromatic heterocycles. The molecule has 0 fully saturated rings. The first-order valence-electron chi connectivity index (χ1n) is 5.40.